The third-order valence-electron chi connectivity index (χ3n) is 4.69. The number of thioether (sulfide) groups is 2. The summed E-state index contributed by atoms with van der Waals surface area (Å²) in [4.78, 5) is 22.1. The Hall–Kier alpha value is -1.28. The maximum Gasteiger partial charge on any atom is 0.313 e. The Labute approximate surface area is 165 Å². The number of rotatable bonds is 5. The SMILES string of the molecule is O=C(O)CSc1nc(Cl)c2c(n1)SC1CN(Cc3ccccc3)CCC21. The van der Waals surface area contributed by atoms with Crippen molar-refractivity contribution in [3.05, 3.63) is 46.6 Å². The number of likely N-dealkylation sites (tertiary alicyclic amines) is 1. The summed E-state index contributed by atoms with van der Waals surface area (Å²) < 4.78 is 0. The molecule has 0 aliphatic carbocycles. The van der Waals surface area contributed by atoms with Gasteiger partial charge in [-0.3, -0.25) is 9.69 Å². The molecule has 2 aliphatic rings. The number of hydrogen-bond donors (Lipinski definition) is 1. The van der Waals surface area contributed by atoms with Crippen molar-refractivity contribution in [1.29, 1.82) is 0 Å². The van der Waals surface area contributed by atoms with Crippen LogP contribution in [0.15, 0.2) is 40.5 Å². The Morgan fingerprint density at radius 2 is 2.15 bits per heavy atom. The van der Waals surface area contributed by atoms with Crippen molar-refractivity contribution in [3.8, 4) is 0 Å². The highest BCUT2D eigenvalue weighted by atomic mass is 35.5. The first-order chi connectivity index (χ1) is 12.6. The smallest absolute Gasteiger partial charge is 0.313 e. The molecule has 2 aromatic rings. The maximum atomic E-state index is 10.8. The summed E-state index contributed by atoms with van der Waals surface area (Å²) in [6, 6.07) is 10.5. The molecule has 2 unspecified atom stereocenters. The van der Waals surface area contributed by atoms with Crippen LogP contribution in [0.3, 0.4) is 0 Å². The number of carboxylic acid groups (broad SMARTS) is 1. The number of hydrogen-bond acceptors (Lipinski definition) is 6. The van der Waals surface area contributed by atoms with Gasteiger partial charge in [-0.15, -0.1) is 11.8 Å². The monoisotopic (exact) mass is 407 g/mol. The van der Waals surface area contributed by atoms with Gasteiger partial charge in [-0.05, 0) is 18.5 Å². The third-order valence-corrected chi connectivity index (χ3v) is 7.13. The highest BCUT2D eigenvalue weighted by Gasteiger charge is 2.40. The number of nitrogens with zero attached hydrogens (tertiary/aromatic N) is 3. The Morgan fingerprint density at radius 3 is 2.92 bits per heavy atom. The topological polar surface area (TPSA) is 66.3 Å². The molecule has 1 aromatic heterocycles. The van der Waals surface area contributed by atoms with Crippen LogP contribution in [0, 0.1) is 0 Å². The summed E-state index contributed by atoms with van der Waals surface area (Å²) in [5.41, 5.74) is 2.39. The first-order valence-corrected chi connectivity index (χ1v) is 10.7. The van der Waals surface area contributed by atoms with Crippen molar-refractivity contribution < 1.29 is 9.90 Å². The van der Waals surface area contributed by atoms with Crippen LogP contribution in [-0.2, 0) is 11.3 Å². The molecule has 0 saturated carbocycles. The molecule has 2 atom stereocenters. The number of benzene rings is 1. The van der Waals surface area contributed by atoms with Gasteiger partial charge in [0.1, 0.15) is 10.2 Å². The quantitative estimate of drug-likeness (QED) is 0.459. The predicted molar refractivity (Wildman–Crippen MR) is 104 cm³/mol. The molecule has 1 fully saturated rings. The maximum absolute atomic E-state index is 10.8. The summed E-state index contributed by atoms with van der Waals surface area (Å²) >= 11 is 9.31. The molecular formula is C18H18ClN3O2S2. The summed E-state index contributed by atoms with van der Waals surface area (Å²) in [5, 5.41) is 11.1. The van der Waals surface area contributed by atoms with E-state index >= 15 is 0 Å². The fraction of sp³-hybridized carbons (Fsp3) is 0.389. The Balaban J connectivity index is 1.47. The molecule has 26 heavy (non-hydrogen) atoms. The van der Waals surface area contributed by atoms with Crippen molar-refractivity contribution in [1.82, 2.24) is 14.9 Å². The second-order valence-electron chi connectivity index (χ2n) is 6.47. The zero-order valence-corrected chi connectivity index (χ0v) is 16.4. The molecule has 0 bridgehead atoms. The largest absolute Gasteiger partial charge is 0.481 e. The first-order valence-electron chi connectivity index (χ1n) is 8.45. The van der Waals surface area contributed by atoms with Crippen LogP contribution in [0.4, 0.5) is 0 Å². The number of aromatic nitrogens is 2. The van der Waals surface area contributed by atoms with E-state index in [2.05, 4.69) is 39.1 Å². The van der Waals surface area contributed by atoms with E-state index in [0.29, 0.717) is 21.5 Å². The van der Waals surface area contributed by atoms with Crippen LogP contribution in [0.25, 0.3) is 0 Å². The lowest BCUT2D eigenvalue weighted by Crippen LogP contribution is -2.39. The van der Waals surface area contributed by atoms with Crippen LogP contribution in [0.1, 0.15) is 23.5 Å². The van der Waals surface area contributed by atoms with Gasteiger partial charge in [-0.1, -0.05) is 53.7 Å². The highest BCUT2D eigenvalue weighted by Crippen LogP contribution is 2.50. The zero-order valence-electron chi connectivity index (χ0n) is 14.0. The van der Waals surface area contributed by atoms with Crippen LogP contribution < -0.4 is 0 Å². The van der Waals surface area contributed by atoms with E-state index in [4.69, 9.17) is 16.7 Å². The second-order valence-corrected chi connectivity index (χ2v) is 9.00. The summed E-state index contributed by atoms with van der Waals surface area (Å²) in [5.74, 6) is -0.557. The third kappa shape index (κ3) is 3.86. The molecule has 136 valence electrons. The Kier molecular flexibility index (Phi) is 5.40. The lowest BCUT2D eigenvalue weighted by Gasteiger charge is -2.34. The van der Waals surface area contributed by atoms with Crippen molar-refractivity contribution in [2.45, 2.75) is 34.3 Å². The minimum absolute atomic E-state index is 0.0580. The van der Waals surface area contributed by atoms with Gasteiger partial charge >= 0.3 is 5.97 Å². The van der Waals surface area contributed by atoms with Crippen LogP contribution in [0.5, 0.6) is 0 Å². The van der Waals surface area contributed by atoms with E-state index in [1.54, 1.807) is 11.8 Å². The van der Waals surface area contributed by atoms with Gasteiger partial charge in [0.05, 0.1) is 5.75 Å². The fourth-order valence-corrected chi connectivity index (χ4v) is 6.12. The highest BCUT2D eigenvalue weighted by molar-refractivity contribution is 8.00. The van der Waals surface area contributed by atoms with Crippen LogP contribution in [0.2, 0.25) is 5.15 Å². The van der Waals surface area contributed by atoms with E-state index in [0.717, 1.165) is 48.4 Å². The molecule has 0 amide bonds. The van der Waals surface area contributed by atoms with E-state index in [1.165, 1.54) is 5.56 Å². The van der Waals surface area contributed by atoms with E-state index < -0.39 is 5.97 Å². The Morgan fingerprint density at radius 1 is 1.35 bits per heavy atom. The summed E-state index contributed by atoms with van der Waals surface area (Å²) in [7, 11) is 0. The molecule has 2 aliphatic heterocycles. The number of carbonyl (C=O) groups is 1. The van der Waals surface area contributed by atoms with Crippen molar-refractivity contribution in [3.63, 3.8) is 0 Å². The second kappa shape index (κ2) is 7.76. The Bertz CT molecular complexity index is 822. The van der Waals surface area contributed by atoms with Gasteiger partial charge in [-0.25, -0.2) is 9.97 Å². The van der Waals surface area contributed by atoms with E-state index in [1.807, 2.05) is 6.07 Å². The minimum atomic E-state index is -0.881. The minimum Gasteiger partial charge on any atom is -0.481 e. The molecule has 1 saturated heterocycles. The van der Waals surface area contributed by atoms with Crippen molar-refractivity contribution >= 4 is 41.1 Å². The normalized spacial score (nSPS) is 22.0. The van der Waals surface area contributed by atoms with E-state index in [9.17, 15) is 4.79 Å². The van der Waals surface area contributed by atoms with Gasteiger partial charge in [0.15, 0.2) is 5.16 Å². The zero-order chi connectivity index (χ0) is 18.1. The average molecular weight is 408 g/mol. The van der Waals surface area contributed by atoms with Gasteiger partial charge in [0.2, 0.25) is 0 Å². The molecule has 4 rings (SSSR count). The van der Waals surface area contributed by atoms with Gasteiger partial charge in [0.25, 0.3) is 0 Å². The molecular weight excluding hydrogens is 390 g/mol. The molecule has 3 heterocycles. The number of aliphatic carboxylic acids is 1. The van der Waals surface area contributed by atoms with Crippen LogP contribution in [-0.4, -0.2) is 50.0 Å². The van der Waals surface area contributed by atoms with E-state index in [-0.39, 0.29) is 5.75 Å². The number of carboxylic acids is 1. The molecule has 0 spiro atoms. The van der Waals surface area contributed by atoms with Gasteiger partial charge < -0.3 is 5.11 Å². The standard InChI is InChI=1S/C18H18ClN3O2S2/c19-16-15-12-6-7-22(8-11-4-2-1-3-5-11)9-13(12)26-17(15)21-18(20-16)25-10-14(23)24/h1-5,12-13H,6-10H2,(H,23,24). The first kappa shape index (κ1) is 18.1. The van der Waals surface area contributed by atoms with Crippen molar-refractivity contribution in [2.75, 3.05) is 18.8 Å². The van der Waals surface area contributed by atoms with Gasteiger partial charge in [0, 0.05) is 29.8 Å². The van der Waals surface area contributed by atoms with Crippen molar-refractivity contribution in [2.24, 2.45) is 0 Å². The summed E-state index contributed by atoms with van der Waals surface area (Å²) in [6.07, 6.45) is 1.04. The molecule has 0 radical (unpaired) electrons. The molecule has 1 aromatic carbocycles. The lowest BCUT2D eigenvalue weighted by molar-refractivity contribution is -0.133. The molecule has 8 heteroatoms. The average Bonchev–Trinajstić information content (AvgIpc) is 2.99. The van der Waals surface area contributed by atoms with Gasteiger partial charge in [-0.2, -0.15) is 0 Å². The molecule has 1 N–H and O–H groups in total. The number of halogens is 1. The summed E-state index contributed by atoms with van der Waals surface area (Å²) in [6.45, 7) is 2.98. The fourth-order valence-electron chi connectivity index (χ4n) is 3.56. The lowest BCUT2D eigenvalue weighted by atomic mass is 9.91. The number of fused-ring (bicyclic) bond motifs is 3. The van der Waals surface area contributed by atoms with Crippen LogP contribution >= 0.6 is 35.1 Å². The number of piperidine rings is 1. The predicted octanol–water partition coefficient (Wildman–Crippen LogP) is 3.77. The molecule has 5 nitrogen and oxygen atoms in total.